The first kappa shape index (κ1) is 13.2. The summed E-state index contributed by atoms with van der Waals surface area (Å²) in [6, 6.07) is 0. The topological polar surface area (TPSA) is 38.3 Å². The lowest BCUT2D eigenvalue weighted by Crippen LogP contribution is -2.56. The third-order valence-electron chi connectivity index (χ3n) is 4.06. The van der Waals surface area contributed by atoms with Crippen molar-refractivity contribution >= 4 is 17.7 Å². The molecule has 0 bridgehead atoms. The molecule has 2 saturated heterocycles. The molecule has 0 aromatic carbocycles. The van der Waals surface area contributed by atoms with Crippen LogP contribution >= 0.6 is 11.8 Å². The van der Waals surface area contributed by atoms with Gasteiger partial charge >= 0.3 is 5.97 Å². The molecule has 0 aromatic rings. The summed E-state index contributed by atoms with van der Waals surface area (Å²) in [7, 11) is 0. The summed E-state index contributed by atoms with van der Waals surface area (Å²) < 4.78 is 5.19. The zero-order valence-electron chi connectivity index (χ0n) is 10.8. The van der Waals surface area contributed by atoms with Crippen molar-refractivity contribution in [3.63, 3.8) is 0 Å². The highest BCUT2D eigenvalue weighted by Gasteiger charge is 2.42. The highest BCUT2D eigenvalue weighted by Crippen LogP contribution is 2.38. The van der Waals surface area contributed by atoms with E-state index in [-0.39, 0.29) is 5.97 Å². The average Bonchev–Trinajstić information content (AvgIpc) is 2.83. The SMILES string of the molecule is CCOC(=O)C1(C)CC(C2CCSC2)CCN1. The molecule has 2 heterocycles. The molecule has 3 nitrogen and oxygen atoms in total. The maximum absolute atomic E-state index is 12.0. The Balaban J connectivity index is 1.97. The summed E-state index contributed by atoms with van der Waals surface area (Å²) in [5, 5.41) is 3.35. The molecule has 98 valence electrons. The molecule has 1 N–H and O–H groups in total. The summed E-state index contributed by atoms with van der Waals surface area (Å²) >= 11 is 2.06. The lowest BCUT2D eigenvalue weighted by molar-refractivity contribution is -0.152. The number of carbonyl (C=O) groups is 1. The van der Waals surface area contributed by atoms with Crippen molar-refractivity contribution in [1.29, 1.82) is 0 Å². The van der Waals surface area contributed by atoms with Crippen LogP contribution in [-0.2, 0) is 9.53 Å². The summed E-state index contributed by atoms with van der Waals surface area (Å²) in [5.41, 5.74) is -0.452. The van der Waals surface area contributed by atoms with Gasteiger partial charge < -0.3 is 10.1 Å². The van der Waals surface area contributed by atoms with E-state index in [4.69, 9.17) is 4.74 Å². The number of hydrogen-bond acceptors (Lipinski definition) is 4. The molecule has 0 spiro atoms. The van der Waals surface area contributed by atoms with Gasteiger partial charge in [0.2, 0.25) is 0 Å². The van der Waals surface area contributed by atoms with Gasteiger partial charge in [0.1, 0.15) is 5.54 Å². The van der Waals surface area contributed by atoms with Gasteiger partial charge in [-0.3, -0.25) is 4.79 Å². The lowest BCUT2D eigenvalue weighted by Gasteiger charge is -2.39. The normalized spacial score (nSPS) is 38.0. The monoisotopic (exact) mass is 257 g/mol. The third kappa shape index (κ3) is 2.97. The second kappa shape index (κ2) is 5.61. The minimum absolute atomic E-state index is 0.0737. The molecule has 3 unspecified atom stereocenters. The van der Waals surface area contributed by atoms with E-state index in [0.717, 1.165) is 18.9 Å². The number of ether oxygens (including phenoxy) is 1. The Morgan fingerprint density at radius 2 is 2.29 bits per heavy atom. The van der Waals surface area contributed by atoms with Crippen LogP contribution in [0.4, 0.5) is 0 Å². The van der Waals surface area contributed by atoms with E-state index in [1.807, 2.05) is 13.8 Å². The number of carbonyl (C=O) groups excluding carboxylic acids is 1. The van der Waals surface area contributed by atoms with Gasteiger partial charge in [0.25, 0.3) is 0 Å². The van der Waals surface area contributed by atoms with E-state index in [0.29, 0.717) is 12.5 Å². The Morgan fingerprint density at radius 1 is 1.47 bits per heavy atom. The van der Waals surface area contributed by atoms with Gasteiger partial charge in [0, 0.05) is 0 Å². The maximum atomic E-state index is 12.0. The standard InChI is InChI=1S/C13H23NO2S/c1-3-16-12(15)13(2)8-10(4-6-14-13)11-5-7-17-9-11/h10-11,14H,3-9H2,1-2H3. The van der Waals surface area contributed by atoms with E-state index in [1.54, 1.807) is 0 Å². The van der Waals surface area contributed by atoms with Crippen LogP contribution in [-0.4, -0.2) is 36.2 Å². The quantitative estimate of drug-likeness (QED) is 0.786. The second-order valence-electron chi connectivity index (χ2n) is 5.36. The van der Waals surface area contributed by atoms with Crippen molar-refractivity contribution in [1.82, 2.24) is 5.32 Å². The van der Waals surface area contributed by atoms with Crippen LogP contribution in [0.15, 0.2) is 0 Å². The van der Waals surface area contributed by atoms with Crippen LogP contribution in [0.1, 0.15) is 33.1 Å². The molecular weight excluding hydrogens is 234 g/mol. The predicted octanol–water partition coefficient (Wildman–Crippen LogP) is 2.06. The van der Waals surface area contributed by atoms with Gasteiger partial charge in [0.15, 0.2) is 0 Å². The first-order chi connectivity index (χ1) is 8.15. The van der Waals surface area contributed by atoms with Crippen molar-refractivity contribution in [2.24, 2.45) is 11.8 Å². The average molecular weight is 257 g/mol. The van der Waals surface area contributed by atoms with E-state index < -0.39 is 5.54 Å². The Labute approximate surface area is 108 Å². The van der Waals surface area contributed by atoms with Crippen molar-refractivity contribution < 1.29 is 9.53 Å². The molecule has 2 rings (SSSR count). The first-order valence-corrected chi connectivity index (χ1v) is 7.81. The van der Waals surface area contributed by atoms with Crippen molar-refractivity contribution in [3.05, 3.63) is 0 Å². The minimum atomic E-state index is -0.452. The number of esters is 1. The van der Waals surface area contributed by atoms with E-state index in [1.165, 1.54) is 24.3 Å². The number of thioether (sulfide) groups is 1. The van der Waals surface area contributed by atoms with Gasteiger partial charge in [-0.05, 0) is 63.0 Å². The Morgan fingerprint density at radius 3 is 2.94 bits per heavy atom. The summed E-state index contributed by atoms with van der Waals surface area (Å²) in [6.45, 7) is 5.29. The molecule has 17 heavy (non-hydrogen) atoms. The van der Waals surface area contributed by atoms with E-state index >= 15 is 0 Å². The summed E-state index contributed by atoms with van der Waals surface area (Å²) in [5.74, 6) is 4.01. The van der Waals surface area contributed by atoms with Gasteiger partial charge in [-0.1, -0.05) is 0 Å². The fourth-order valence-electron chi connectivity index (χ4n) is 3.00. The van der Waals surface area contributed by atoms with Crippen LogP contribution in [0.25, 0.3) is 0 Å². The molecule has 0 amide bonds. The van der Waals surface area contributed by atoms with Crippen LogP contribution in [0.5, 0.6) is 0 Å². The van der Waals surface area contributed by atoms with E-state index in [2.05, 4.69) is 17.1 Å². The Kier molecular flexibility index (Phi) is 4.36. The van der Waals surface area contributed by atoms with Gasteiger partial charge in [0.05, 0.1) is 6.61 Å². The molecule has 0 saturated carbocycles. The lowest BCUT2D eigenvalue weighted by atomic mass is 9.76. The molecule has 2 fully saturated rings. The number of rotatable bonds is 3. The van der Waals surface area contributed by atoms with E-state index in [9.17, 15) is 4.79 Å². The zero-order chi connectivity index (χ0) is 12.3. The second-order valence-corrected chi connectivity index (χ2v) is 6.51. The molecule has 3 atom stereocenters. The number of piperidine rings is 1. The minimum Gasteiger partial charge on any atom is -0.465 e. The van der Waals surface area contributed by atoms with Crippen molar-refractivity contribution in [2.75, 3.05) is 24.7 Å². The Bertz CT molecular complexity index is 279. The third-order valence-corrected chi connectivity index (χ3v) is 5.25. The maximum Gasteiger partial charge on any atom is 0.326 e. The van der Waals surface area contributed by atoms with Gasteiger partial charge in [-0.25, -0.2) is 0 Å². The first-order valence-electron chi connectivity index (χ1n) is 6.65. The molecule has 2 aliphatic heterocycles. The molecule has 0 radical (unpaired) electrons. The van der Waals surface area contributed by atoms with Crippen LogP contribution in [0, 0.1) is 11.8 Å². The van der Waals surface area contributed by atoms with Crippen LogP contribution < -0.4 is 5.32 Å². The number of hydrogen-bond donors (Lipinski definition) is 1. The van der Waals surface area contributed by atoms with Crippen molar-refractivity contribution in [3.8, 4) is 0 Å². The molecule has 0 aliphatic carbocycles. The van der Waals surface area contributed by atoms with Gasteiger partial charge in [-0.2, -0.15) is 11.8 Å². The fraction of sp³-hybridized carbons (Fsp3) is 0.923. The molecule has 0 aromatic heterocycles. The van der Waals surface area contributed by atoms with Crippen molar-refractivity contribution in [2.45, 2.75) is 38.6 Å². The van der Waals surface area contributed by atoms with Crippen LogP contribution in [0.2, 0.25) is 0 Å². The number of nitrogens with one attached hydrogen (secondary N) is 1. The highest BCUT2D eigenvalue weighted by atomic mass is 32.2. The summed E-state index contributed by atoms with van der Waals surface area (Å²) in [4.78, 5) is 12.0. The fourth-order valence-corrected chi connectivity index (χ4v) is 4.38. The van der Waals surface area contributed by atoms with Gasteiger partial charge in [-0.15, -0.1) is 0 Å². The zero-order valence-corrected chi connectivity index (χ0v) is 11.6. The summed E-state index contributed by atoms with van der Waals surface area (Å²) in [6.07, 6.45) is 3.48. The van der Waals surface area contributed by atoms with Crippen LogP contribution in [0.3, 0.4) is 0 Å². The smallest absolute Gasteiger partial charge is 0.326 e. The largest absolute Gasteiger partial charge is 0.465 e. The molecule has 2 aliphatic rings. The Hall–Kier alpha value is -0.220. The predicted molar refractivity (Wildman–Crippen MR) is 71.2 cm³/mol. The molecular formula is C13H23NO2S. The highest BCUT2D eigenvalue weighted by molar-refractivity contribution is 7.99. The molecule has 4 heteroatoms.